The van der Waals surface area contributed by atoms with Gasteiger partial charge in [0.15, 0.2) is 0 Å². The topological polar surface area (TPSA) is 33.2 Å². The highest BCUT2D eigenvalue weighted by Gasteiger charge is 2.38. The zero-order chi connectivity index (χ0) is 12.5. The van der Waals surface area contributed by atoms with Crippen molar-refractivity contribution in [2.45, 2.75) is 38.1 Å². The fourth-order valence-electron chi connectivity index (χ4n) is 3.36. The average molecular weight is 265 g/mol. The van der Waals surface area contributed by atoms with Crippen LogP contribution in [-0.4, -0.2) is 28.4 Å². The molecule has 3 nitrogen and oxygen atoms in total. The van der Waals surface area contributed by atoms with Gasteiger partial charge in [-0.3, -0.25) is 4.79 Å². The Balaban J connectivity index is 1.83. The molecule has 0 N–H and O–H groups in total. The summed E-state index contributed by atoms with van der Waals surface area (Å²) in [4.78, 5) is 18.5. The zero-order valence-electron chi connectivity index (χ0n) is 10.3. The van der Waals surface area contributed by atoms with Crippen LogP contribution in [0.1, 0.15) is 42.5 Å². The van der Waals surface area contributed by atoms with E-state index in [0.29, 0.717) is 22.7 Å². The maximum absolute atomic E-state index is 12.5. The van der Waals surface area contributed by atoms with E-state index >= 15 is 0 Å². The zero-order valence-corrected chi connectivity index (χ0v) is 11.1. The maximum atomic E-state index is 12.5. The Bertz CT molecular complexity index is 463. The molecule has 3 rings (SSSR count). The summed E-state index contributed by atoms with van der Waals surface area (Å²) in [5, 5.41) is 0.321. The molecule has 0 bridgehead atoms. The fraction of sp³-hybridized carbons (Fsp3) is 0.571. The molecule has 0 spiro atoms. The molecular formula is C14H17ClN2O. The highest BCUT2D eigenvalue weighted by atomic mass is 35.5. The summed E-state index contributed by atoms with van der Waals surface area (Å²) in [6.07, 6.45) is 7.74. The van der Waals surface area contributed by atoms with Crippen LogP contribution in [-0.2, 0) is 0 Å². The SMILES string of the molecule is O=C(c1cccnc1Cl)N1CCC2CCCCC21. The number of carbonyl (C=O) groups is 1. The molecule has 1 aliphatic heterocycles. The summed E-state index contributed by atoms with van der Waals surface area (Å²) in [6.45, 7) is 0.874. The van der Waals surface area contributed by atoms with Crippen molar-refractivity contribution in [2.24, 2.45) is 5.92 Å². The number of aromatic nitrogens is 1. The minimum atomic E-state index is 0.0579. The monoisotopic (exact) mass is 264 g/mol. The van der Waals surface area contributed by atoms with Crippen molar-refractivity contribution in [3.8, 4) is 0 Å². The molecule has 2 atom stereocenters. The summed E-state index contributed by atoms with van der Waals surface area (Å²) < 4.78 is 0. The van der Waals surface area contributed by atoms with Crippen LogP contribution in [0.25, 0.3) is 0 Å². The lowest BCUT2D eigenvalue weighted by atomic mass is 9.85. The summed E-state index contributed by atoms with van der Waals surface area (Å²) in [7, 11) is 0. The highest BCUT2D eigenvalue weighted by molar-refractivity contribution is 6.32. The molecule has 1 saturated heterocycles. The van der Waals surface area contributed by atoms with Gasteiger partial charge in [-0.15, -0.1) is 0 Å². The van der Waals surface area contributed by atoms with Crippen molar-refractivity contribution in [2.75, 3.05) is 6.54 Å². The Morgan fingerprint density at radius 2 is 2.17 bits per heavy atom. The van der Waals surface area contributed by atoms with Crippen molar-refractivity contribution in [1.29, 1.82) is 0 Å². The third kappa shape index (κ3) is 2.01. The van der Waals surface area contributed by atoms with E-state index in [1.165, 1.54) is 19.3 Å². The molecular weight excluding hydrogens is 248 g/mol. The molecule has 0 radical (unpaired) electrons. The number of pyridine rings is 1. The van der Waals surface area contributed by atoms with Crippen LogP contribution in [0.15, 0.2) is 18.3 Å². The maximum Gasteiger partial charge on any atom is 0.257 e. The van der Waals surface area contributed by atoms with E-state index in [1.807, 2.05) is 4.90 Å². The fourth-order valence-corrected chi connectivity index (χ4v) is 3.56. The predicted octanol–water partition coefficient (Wildman–Crippen LogP) is 3.14. The van der Waals surface area contributed by atoms with Crippen LogP contribution < -0.4 is 0 Å². The number of nitrogens with zero attached hydrogens (tertiary/aromatic N) is 2. The number of rotatable bonds is 1. The van der Waals surface area contributed by atoms with Gasteiger partial charge in [0.1, 0.15) is 5.15 Å². The molecule has 4 heteroatoms. The van der Waals surface area contributed by atoms with Gasteiger partial charge in [0.05, 0.1) is 5.56 Å². The van der Waals surface area contributed by atoms with Crippen LogP contribution in [0, 0.1) is 5.92 Å². The lowest BCUT2D eigenvalue weighted by Crippen LogP contribution is -2.39. The molecule has 1 aromatic rings. The number of hydrogen-bond acceptors (Lipinski definition) is 2. The van der Waals surface area contributed by atoms with E-state index in [-0.39, 0.29) is 5.91 Å². The summed E-state index contributed by atoms with van der Waals surface area (Å²) in [5.41, 5.74) is 0.547. The van der Waals surface area contributed by atoms with E-state index < -0.39 is 0 Å². The predicted molar refractivity (Wildman–Crippen MR) is 70.6 cm³/mol. The first-order valence-electron chi connectivity index (χ1n) is 6.69. The smallest absolute Gasteiger partial charge is 0.257 e. The van der Waals surface area contributed by atoms with Gasteiger partial charge in [0, 0.05) is 18.8 Å². The lowest BCUT2D eigenvalue weighted by Gasteiger charge is -2.31. The third-order valence-electron chi connectivity index (χ3n) is 4.26. The Morgan fingerprint density at radius 1 is 1.33 bits per heavy atom. The van der Waals surface area contributed by atoms with Gasteiger partial charge in [-0.25, -0.2) is 4.98 Å². The molecule has 1 saturated carbocycles. The van der Waals surface area contributed by atoms with Gasteiger partial charge < -0.3 is 4.90 Å². The minimum Gasteiger partial charge on any atom is -0.335 e. The van der Waals surface area contributed by atoms with E-state index in [0.717, 1.165) is 19.4 Å². The molecule has 0 aromatic carbocycles. The summed E-state index contributed by atoms with van der Waals surface area (Å²) in [6, 6.07) is 3.98. The van der Waals surface area contributed by atoms with Gasteiger partial charge in [0.2, 0.25) is 0 Å². The van der Waals surface area contributed by atoms with E-state index in [4.69, 9.17) is 11.6 Å². The molecule has 1 amide bonds. The van der Waals surface area contributed by atoms with Crippen molar-refractivity contribution in [3.05, 3.63) is 29.0 Å². The first kappa shape index (κ1) is 12.0. The molecule has 2 aliphatic rings. The van der Waals surface area contributed by atoms with Crippen LogP contribution in [0.5, 0.6) is 0 Å². The van der Waals surface area contributed by atoms with Crippen molar-refractivity contribution in [3.63, 3.8) is 0 Å². The molecule has 2 fully saturated rings. The summed E-state index contributed by atoms with van der Waals surface area (Å²) in [5.74, 6) is 0.764. The average Bonchev–Trinajstić information content (AvgIpc) is 2.82. The number of fused-ring (bicyclic) bond motifs is 1. The second kappa shape index (κ2) is 4.88. The number of hydrogen-bond donors (Lipinski definition) is 0. The Labute approximate surface area is 112 Å². The van der Waals surface area contributed by atoms with Gasteiger partial charge in [-0.05, 0) is 37.3 Å². The van der Waals surface area contributed by atoms with Crippen molar-refractivity contribution in [1.82, 2.24) is 9.88 Å². The first-order valence-corrected chi connectivity index (χ1v) is 7.06. The normalized spacial score (nSPS) is 27.1. The number of amides is 1. The molecule has 18 heavy (non-hydrogen) atoms. The first-order chi connectivity index (χ1) is 8.77. The van der Waals surface area contributed by atoms with Crippen molar-refractivity contribution >= 4 is 17.5 Å². The van der Waals surface area contributed by atoms with E-state index in [9.17, 15) is 4.79 Å². The Kier molecular flexibility index (Phi) is 3.25. The van der Waals surface area contributed by atoms with Gasteiger partial charge >= 0.3 is 0 Å². The largest absolute Gasteiger partial charge is 0.335 e. The molecule has 1 aliphatic carbocycles. The molecule has 1 aromatic heterocycles. The van der Waals surface area contributed by atoms with Crippen LogP contribution in [0.4, 0.5) is 0 Å². The second-order valence-corrected chi connectivity index (χ2v) is 5.60. The van der Waals surface area contributed by atoms with E-state index in [2.05, 4.69) is 4.98 Å². The minimum absolute atomic E-state index is 0.0579. The Morgan fingerprint density at radius 3 is 3.00 bits per heavy atom. The molecule has 2 unspecified atom stereocenters. The Hall–Kier alpha value is -1.09. The highest BCUT2D eigenvalue weighted by Crippen LogP contribution is 2.37. The quantitative estimate of drug-likeness (QED) is 0.730. The number of halogens is 1. The van der Waals surface area contributed by atoms with Crippen molar-refractivity contribution < 1.29 is 4.79 Å². The van der Waals surface area contributed by atoms with Crippen LogP contribution >= 0.6 is 11.6 Å². The van der Waals surface area contributed by atoms with E-state index in [1.54, 1.807) is 18.3 Å². The van der Waals surface area contributed by atoms with Gasteiger partial charge in [0.25, 0.3) is 5.91 Å². The molecule has 2 heterocycles. The summed E-state index contributed by atoms with van der Waals surface area (Å²) >= 11 is 6.01. The number of likely N-dealkylation sites (tertiary alicyclic amines) is 1. The van der Waals surface area contributed by atoms with Gasteiger partial charge in [-0.2, -0.15) is 0 Å². The lowest BCUT2D eigenvalue weighted by molar-refractivity contribution is 0.0690. The van der Waals surface area contributed by atoms with Crippen LogP contribution in [0.2, 0.25) is 5.15 Å². The third-order valence-corrected chi connectivity index (χ3v) is 4.56. The number of carbonyl (C=O) groups excluding carboxylic acids is 1. The second-order valence-electron chi connectivity index (χ2n) is 5.24. The van der Waals surface area contributed by atoms with Crippen LogP contribution in [0.3, 0.4) is 0 Å². The standard InChI is InChI=1S/C14H17ClN2O/c15-13-11(5-3-8-16-13)14(18)17-9-7-10-4-1-2-6-12(10)17/h3,5,8,10,12H,1-2,4,6-7,9H2. The van der Waals surface area contributed by atoms with Gasteiger partial charge in [-0.1, -0.05) is 24.4 Å². The molecule has 96 valence electrons.